The summed E-state index contributed by atoms with van der Waals surface area (Å²) in [6.07, 6.45) is 7.42. The standard InChI is InChI=1S/C29H39Cl2N5O7S/c1-28(2,3)43-27(40)32-22-11-8-6-4-5-7-10-18-17-29(18,33-24(37)23-12-9-15-36(23)25(22)38)26(39)35-44(41,42)34-21-14-13-19(30)16-20(21)31/h7,10,13-14,16,18,22-23,34H,4-6,8-9,11-12,15,17H2,1-3H3,(H,32,40)(H,33,37)(H,35,39)/b10-7-/t18-,22+,23+,29-/m1/s1. The summed E-state index contributed by atoms with van der Waals surface area (Å²) < 4.78 is 35.4. The molecular weight excluding hydrogens is 633 g/mol. The van der Waals surface area contributed by atoms with E-state index in [9.17, 15) is 27.6 Å². The van der Waals surface area contributed by atoms with E-state index in [1.165, 1.54) is 23.1 Å². The summed E-state index contributed by atoms with van der Waals surface area (Å²) in [5.74, 6) is -2.33. The van der Waals surface area contributed by atoms with Gasteiger partial charge >= 0.3 is 16.3 Å². The maximum atomic E-state index is 13.7. The number of nitrogens with one attached hydrogen (secondary N) is 4. The van der Waals surface area contributed by atoms with Crippen LogP contribution >= 0.6 is 23.2 Å². The van der Waals surface area contributed by atoms with Crippen molar-refractivity contribution in [3.63, 3.8) is 0 Å². The number of anilines is 1. The van der Waals surface area contributed by atoms with Crippen LogP contribution in [0.15, 0.2) is 30.4 Å². The molecule has 1 saturated carbocycles. The van der Waals surface area contributed by atoms with E-state index in [2.05, 4.69) is 15.4 Å². The molecule has 2 aliphatic heterocycles. The highest BCUT2D eigenvalue weighted by Gasteiger charge is 2.61. The molecule has 1 saturated heterocycles. The van der Waals surface area contributed by atoms with Crippen LogP contribution in [-0.2, 0) is 29.3 Å². The summed E-state index contributed by atoms with van der Waals surface area (Å²) in [5, 5.41) is 5.80. The van der Waals surface area contributed by atoms with Crippen molar-refractivity contribution in [3.05, 3.63) is 40.4 Å². The van der Waals surface area contributed by atoms with Crippen LogP contribution in [0.25, 0.3) is 0 Å². The lowest BCUT2D eigenvalue weighted by molar-refractivity contribution is -0.141. The van der Waals surface area contributed by atoms with Crippen molar-refractivity contribution in [2.75, 3.05) is 11.3 Å². The van der Waals surface area contributed by atoms with E-state index in [0.717, 1.165) is 12.8 Å². The zero-order chi connectivity index (χ0) is 32.3. The quantitative estimate of drug-likeness (QED) is 0.343. The van der Waals surface area contributed by atoms with Gasteiger partial charge in [0.05, 0.1) is 10.7 Å². The number of halogens is 2. The first kappa shape index (κ1) is 33.9. The average Bonchev–Trinajstić information content (AvgIpc) is 3.37. The molecule has 3 aliphatic rings. The molecule has 4 N–H and O–H groups in total. The van der Waals surface area contributed by atoms with E-state index < -0.39 is 63.2 Å². The summed E-state index contributed by atoms with van der Waals surface area (Å²) in [4.78, 5) is 54.9. The number of carbonyl (C=O) groups is 4. The van der Waals surface area contributed by atoms with Crippen LogP contribution < -0.4 is 20.1 Å². The molecule has 1 aliphatic carbocycles. The van der Waals surface area contributed by atoms with E-state index >= 15 is 0 Å². The van der Waals surface area contributed by atoms with Gasteiger partial charge in [-0.1, -0.05) is 48.2 Å². The van der Waals surface area contributed by atoms with Crippen LogP contribution in [0.2, 0.25) is 10.0 Å². The molecule has 242 valence electrons. The van der Waals surface area contributed by atoms with Gasteiger partial charge in [0, 0.05) is 17.5 Å². The molecule has 0 unspecified atom stereocenters. The van der Waals surface area contributed by atoms with Crippen molar-refractivity contribution >= 4 is 62.9 Å². The fraction of sp³-hybridized carbons (Fsp3) is 0.586. The van der Waals surface area contributed by atoms with Gasteiger partial charge in [-0.3, -0.25) is 19.1 Å². The summed E-state index contributed by atoms with van der Waals surface area (Å²) in [5.41, 5.74) is -2.27. The Bertz CT molecular complexity index is 1430. The lowest BCUT2D eigenvalue weighted by Crippen LogP contribution is -2.58. The summed E-state index contributed by atoms with van der Waals surface area (Å²) in [6, 6.07) is 2.37. The molecule has 0 radical (unpaired) electrons. The van der Waals surface area contributed by atoms with E-state index in [1.54, 1.807) is 20.8 Å². The number of hydrogen-bond acceptors (Lipinski definition) is 7. The first-order valence-electron chi connectivity index (χ1n) is 14.7. The van der Waals surface area contributed by atoms with Gasteiger partial charge in [0.25, 0.3) is 5.91 Å². The first-order valence-corrected chi connectivity index (χ1v) is 16.9. The molecule has 2 heterocycles. The van der Waals surface area contributed by atoms with Crippen LogP contribution in [-0.4, -0.2) is 66.9 Å². The van der Waals surface area contributed by atoms with E-state index in [1.807, 2.05) is 16.9 Å². The number of rotatable bonds is 5. The number of ether oxygens (including phenoxy) is 1. The molecular formula is C29H39Cl2N5O7S. The Morgan fingerprint density at radius 3 is 2.55 bits per heavy atom. The molecule has 4 rings (SSSR count). The van der Waals surface area contributed by atoms with Crippen molar-refractivity contribution in [2.24, 2.45) is 5.92 Å². The van der Waals surface area contributed by atoms with Gasteiger partial charge in [0.1, 0.15) is 23.2 Å². The van der Waals surface area contributed by atoms with Crippen LogP contribution in [0.4, 0.5) is 10.5 Å². The minimum Gasteiger partial charge on any atom is -0.444 e. The van der Waals surface area contributed by atoms with Crippen LogP contribution in [0, 0.1) is 5.92 Å². The summed E-state index contributed by atoms with van der Waals surface area (Å²) in [7, 11) is -4.44. The van der Waals surface area contributed by atoms with Crippen molar-refractivity contribution < 1.29 is 32.3 Å². The molecule has 4 atom stereocenters. The third-order valence-electron chi connectivity index (χ3n) is 7.73. The van der Waals surface area contributed by atoms with Crippen molar-refractivity contribution in [3.8, 4) is 0 Å². The predicted molar refractivity (Wildman–Crippen MR) is 166 cm³/mol. The zero-order valence-electron chi connectivity index (χ0n) is 25.0. The highest BCUT2D eigenvalue weighted by atomic mass is 35.5. The third-order valence-corrected chi connectivity index (χ3v) is 9.22. The Kier molecular flexibility index (Phi) is 10.4. The molecule has 0 aromatic heterocycles. The van der Waals surface area contributed by atoms with Gasteiger partial charge in [0.2, 0.25) is 11.8 Å². The highest BCUT2D eigenvalue weighted by Crippen LogP contribution is 2.45. The minimum atomic E-state index is -4.44. The number of allylic oxidation sites excluding steroid dienone is 1. The SMILES string of the molecule is CC(C)(C)OC(=O)N[C@H]1CCCCC/C=C\[C@@H]2C[C@@]2(C(=O)NS(=O)(=O)Nc2ccc(Cl)cc2Cl)NC(=O)[C@@H]2CCCN2C1=O. The average molecular weight is 673 g/mol. The number of amides is 4. The number of benzene rings is 1. The van der Waals surface area contributed by atoms with Gasteiger partial charge in [-0.15, -0.1) is 0 Å². The molecule has 15 heteroatoms. The van der Waals surface area contributed by atoms with Crippen LogP contribution in [0.1, 0.15) is 72.1 Å². The van der Waals surface area contributed by atoms with Crippen molar-refractivity contribution in [1.82, 2.24) is 20.3 Å². The maximum Gasteiger partial charge on any atom is 0.408 e. The molecule has 12 nitrogen and oxygen atoms in total. The molecule has 1 aromatic carbocycles. The Hall–Kier alpha value is -3.03. The Morgan fingerprint density at radius 2 is 1.84 bits per heavy atom. The Labute approximate surface area is 267 Å². The summed E-state index contributed by atoms with van der Waals surface area (Å²) in [6.45, 7) is 5.48. The fourth-order valence-corrected chi connectivity index (χ4v) is 6.96. The van der Waals surface area contributed by atoms with E-state index in [-0.39, 0.29) is 17.1 Å². The topological polar surface area (TPSA) is 163 Å². The van der Waals surface area contributed by atoms with Gasteiger partial charge in [0.15, 0.2) is 0 Å². The number of hydrogen-bond donors (Lipinski definition) is 4. The van der Waals surface area contributed by atoms with E-state index in [4.69, 9.17) is 27.9 Å². The minimum absolute atomic E-state index is 0.0156. The number of nitrogens with zero attached hydrogens (tertiary/aromatic N) is 1. The van der Waals surface area contributed by atoms with Crippen molar-refractivity contribution in [2.45, 2.75) is 95.4 Å². The smallest absolute Gasteiger partial charge is 0.408 e. The van der Waals surface area contributed by atoms with Crippen molar-refractivity contribution in [1.29, 1.82) is 0 Å². The number of carbonyl (C=O) groups excluding carboxylic acids is 4. The molecule has 2 fully saturated rings. The van der Waals surface area contributed by atoms with Gasteiger partial charge in [-0.2, -0.15) is 8.42 Å². The molecule has 44 heavy (non-hydrogen) atoms. The molecule has 0 spiro atoms. The second kappa shape index (κ2) is 13.5. The maximum absolute atomic E-state index is 13.7. The largest absolute Gasteiger partial charge is 0.444 e. The van der Waals surface area contributed by atoms with Crippen LogP contribution in [0.5, 0.6) is 0 Å². The third kappa shape index (κ3) is 8.57. The molecule has 4 amide bonds. The molecule has 1 aromatic rings. The van der Waals surface area contributed by atoms with E-state index in [0.29, 0.717) is 43.7 Å². The fourth-order valence-electron chi connectivity index (χ4n) is 5.50. The van der Waals surface area contributed by atoms with Gasteiger partial charge in [-0.25, -0.2) is 9.52 Å². The zero-order valence-corrected chi connectivity index (χ0v) is 27.3. The first-order chi connectivity index (χ1) is 20.6. The highest BCUT2D eigenvalue weighted by molar-refractivity contribution is 7.91. The van der Waals surface area contributed by atoms with Crippen LogP contribution in [0.3, 0.4) is 0 Å². The monoisotopic (exact) mass is 671 g/mol. The number of alkyl carbamates (subject to hydrolysis) is 1. The second-order valence-electron chi connectivity index (χ2n) is 12.4. The summed E-state index contributed by atoms with van der Waals surface area (Å²) >= 11 is 12.0. The Balaban J connectivity index is 1.54. The lowest BCUT2D eigenvalue weighted by atomic mass is 10.0. The number of fused-ring (bicyclic) bond motifs is 2. The molecule has 0 bridgehead atoms. The van der Waals surface area contributed by atoms with Gasteiger partial charge in [-0.05, 0) is 77.5 Å². The second-order valence-corrected chi connectivity index (χ2v) is 14.6. The predicted octanol–water partition coefficient (Wildman–Crippen LogP) is 4.05. The Morgan fingerprint density at radius 1 is 1.09 bits per heavy atom. The normalized spacial score (nSPS) is 27.0. The van der Waals surface area contributed by atoms with Gasteiger partial charge < -0.3 is 20.3 Å². The lowest BCUT2D eigenvalue weighted by Gasteiger charge is -2.30.